The lowest BCUT2D eigenvalue weighted by Crippen LogP contribution is -2.50. The molecule has 1 N–H and O–H groups in total. The van der Waals surface area contributed by atoms with E-state index in [1.54, 1.807) is 12.4 Å². The van der Waals surface area contributed by atoms with Gasteiger partial charge in [0.2, 0.25) is 0 Å². The van der Waals surface area contributed by atoms with Crippen LogP contribution >= 0.6 is 11.6 Å². The predicted molar refractivity (Wildman–Crippen MR) is 102 cm³/mol. The van der Waals surface area contributed by atoms with Crippen LogP contribution in [0.1, 0.15) is 55.1 Å². The third kappa shape index (κ3) is 2.86. The van der Waals surface area contributed by atoms with Crippen LogP contribution in [0.5, 0.6) is 0 Å². The molecule has 1 saturated carbocycles. The van der Waals surface area contributed by atoms with E-state index in [0.717, 1.165) is 35.9 Å². The normalized spacial score (nSPS) is 15.8. The molecule has 0 radical (unpaired) electrons. The first-order chi connectivity index (χ1) is 12.5. The highest BCUT2D eigenvalue weighted by atomic mass is 35.5. The molecular weight excluding hydrogens is 348 g/mol. The van der Waals surface area contributed by atoms with Gasteiger partial charge in [0.1, 0.15) is 0 Å². The Morgan fingerprint density at radius 2 is 1.96 bits per heavy atom. The third-order valence-corrected chi connectivity index (χ3v) is 5.39. The summed E-state index contributed by atoms with van der Waals surface area (Å²) in [4.78, 5) is 17.3. The fraction of sp³-hybridized carbons (Fsp3) is 0.350. The lowest BCUT2D eigenvalue weighted by atomic mass is 9.71. The second kappa shape index (κ2) is 6.40. The van der Waals surface area contributed by atoms with Crippen LogP contribution in [-0.4, -0.2) is 20.7 Å². The maximum Gasteiger partial charge on any atom is 0.253 e. The molecule has 2 aromatic heterocycles. The highest BCUT2D eigenvalue weighted by molar-refractivity contribution is 6.30. The van der Waals surface area contributed by atoms with Gasteiger partial charge in [0.05, 0.1) is 17.3 Å². The number of hydrogen-bond acceptors (Lipinski definition) is 3. The van der Waals surface area contributed by atoms with E-state index in [9.17, 15) is 4.79 Å². The van der Waals surface area contributed by atoms with Crippen LogP contribution in [0.3, 0.4) is 0 Å². The van der Waals surface area contributed by atoms with Gasteiger partial charge < -0.3 is 5.32 Å². The van der Waals surface area contributed by atoms with Gasteiger partial charge in [0.25, 0.3) is 5.91 Å². The lowest BCUT2D eigenvalue weighted by Gasteiger charge is -2.43. The van der Waals surface area contributed by atoms with Gasteiger partial charge in [-0.25, -0.2) is 9.67 Å². The number of aromatic nitrogens is 3. The van der Waals surface area contributed by atoms with Crippen molar-refractivity contribution >= 4 is 28.5 Å². The Balaban J connectivity index is 1.61. The second-order valence-electron chi connectivity index (χ2n) is 7.22. The van der Waals surface area contributed by atoms with E-state index < -0.39 is 0 Å². The summed E-state index contributed by atoms with van der Waals surface area (Å²) in [5, 5.41) is 9.17. The minimum absolute atomic E-state index is 0.105. The summed E-state index contributed by atoms with van der Waals surface area (Å²) in [6, 6.07) is 9.82. The minimum atomic E-state index is -0.307. The third-order valence-electron chi connectivity index (χ3n) is 5.14. The van der Waals surface area contributed by atoms with Crippen LogP contribution in [0.4, 0.5) is 0 Å². The molecule has 2 heterocycles. The van der Waals surface area contributed by atoms with Crippen molar-refractivity contribution in [1.82, 2.24) is 20.1 Å². The number of benzene rings is 1. The van der Waals surface area contributed by atoms with Crippen molar-refractivity contribution in [3.63, 3.8) is 0 Å². The van der Waals surface area contributed by atoms with E-state index in [0.29, 0.717) is 10.6 Å². The molecule has 0 aliphatic heterocycles. The fourth-order valence-electron chi connectivity index (χ4n) is 3.52. The zero-order chi connectivity index (χ0) is 18.3. The quantitative estimate of drug-likeness (QED) is 0.738. The Bertz CT molecular complexity index is 958. The highest BCUT2D eigenvalue weighted by Crippen LogP contribution is 2.41. The van der Waals surface area contributed by atoms with Gasteiger partial charge in [-0.2, -0.15) is 5.10 Å². The molecule has 26 heavy (non-hydrogen) atoms. The molecule has 4 rings (SSSR count). The van der Waals surface area contributed by atoms with Crippen molar-refractivity contribution in [3.8, 4) is 0 Å². The molecule has 0 saturated heterocycles. The van der Waals surface area contributed by atoms with Crippen LogP contribution in [0.25, 0.3) is 11.0 Å². The molecule has 0 atom stereocenters. The van der Waals surface area contributed by atoms with Crippen molar-refractivity contribution in [1.29, 1.82) is 0 Å². The average Bonchev–Trinajstić information content (AvgIpc) is 3.02. The molecule has 6 heteroatoms. The molecule has 1 aromatic carbocycles. The minimum Gasteiger partial charge on any atom is -0.342 e. The zero-order valence-corrected chi connectivity index (χ0v) is 15.6. The highest BCUT2D eigenvalue weighted by Gasteiger charge is 2.40. The Morgan fingerprint density at radius 1 is 1.23 bits per heavy atom. The number of fused-ring (bicyclic) bond motifs is 1. The number of carbonyl (C=O) groups is 1. The van der Waals surface area contributed by atoms with Gasteiger partial charge >= 0.3 is 0 Å². The summed E-state index contributed by atoms with van der Waals surface area (Å²) >= 11 is 6.00. The molecule has 1 aliphatic carbocycles. The molecule has 0 unspecified atom stereocenters. The SMILES string of the molecule is CC(C)n1ncc2cc(C(=O)NC3(c4ccc(Cl)cc4)CCC3)cnc21. The topological polar surface area (TPSA) is 59.8 Å². The van der Waals surface area contributed by atoms with Gasteiger partial charge in [-0.1, -0.05) is 23.7 Å². The summed E-state index contributed by atoms with van der Waals surface area (Å²) in [6.07, 6.45) is 6.36. The van der Waals surface area contributed by atoms with Crippen molar-refractivity contribution in [2.45, 2.75) is 44.7 Å². The van der Waals surface area contributed by atoms with Gasteiger partial charge in [-0.15, -0.1) is 0 Å². The summed E-state index contributed by atoms with van der Waals surface area (Å²) in [5.74, 6) is -0.105. The number of halogens is 1. The van der Waals surface area contributed by atoms with Crippen LogP contribution < -0.4 is 5.32 Å². The van der Waals surface area contributed by atoms with E-state index in [4.69, 9.17) is 11.6 Å². The standard InChI is InChI=1S/C20H21ClN4O/c1-13(2)25-18-14(12-23-25)10-15(11-22-18)19(26)24-20(8-3-9-20)16-4-6-17(21)7-5-16/h4-7,10-13H,3,8-9H2,1-2H3,(H,24,26). The van der Waals surface area contributed by atoms with Crippen LogP contribution in [0.2, 0.25) is 5.02 Å². The number of rotatable bonds is 4. The van der Waals surface area contributed by atoms with Gasteiger partial charge in [-0.3, -0.25) is 4.79 Å². The molecule has 134 valence electrons. The molecule has 5 nitrogen and oxygen atoms in total. The maximum atomic E-state index is 12.9. The summed E-state index contributed by atoms with van der Waals surface area (Å²) < 4.78 is 1.86. The van der Waals surface area contributed by atoms with Crippen molar-refractivity contribution in [2.24, 2.45) is 0 Å². The molecular formula is C20H21ClN4O. The van der Waals surface area contributed by atoms with Gasteiger partial charge in [0.15, 0.2) is 5.65 Å². The van der Waals surface area contributed by atoms with E-state index in [2.05, 4.69) is 29.2 Å². The van der Waals surface area contributed by atoms with Crippen LogP contribution in [-0.2, 0) is 5.54 Å². The van der Waals surface area contributed by atoms with Crippen molar-refractivity contribution in [3.05, 3.63) is 58.9 Å². The number of amides is 1. The first kappa shape index (κ1) is 17.0. The Kier molecular flexibility index (Phi) is 4.19. The smallest absolute Gasteiger partial charge is 0.253 e. The van der Waals surface area contributed by atoms with Crippen LogP contribution in [0, 0.1) is 0 Å². The largest absolute Gasteiger partial charge is 0.342 e. The number of nitrogens with zero attached hydrogens (tertiary/aromatic N) is 3. The maximum absolute atomic E-state index is 12.9. The number of carbonyl (C=O) groups excluding carboxylic acids is 1. The fourth-order valence-corrected chi connectivity index (χ4v) is 3.64. The Hall–Kier alpha value is -2.40. The van der Waals surface area contributed by atoms with Crippen molar-refractivity contribution in [2.75, 3.05) is 0 Å². The molecule has 0 spiro atoms. The van der Waals surface area contributed by atoms with E-state index >= 15 is 0 Å². The van der Waals surface area contributed by atoms with E-state index in [1.807, 2.05) is 35.0 Å². The first-order valence-electron chi connectivity index (χ1n) is 8.90. The number of pyridine rings is 1. The van der Waals surface area contributed by atoms with Gasteiger partial charge in [0, 0.05) is 22.6 Å². The Morgan fingerprint density at radius 3 is 2.58 bits per heavy atom. The molecule has 0 bridgehead atoms. The Labute approximate surface area is 157 Å². The van der Waals surface area contributed by atoms with Crippen LogP contribution in [0.15, 0.2) is 42.7 Å². The summed E-state index contributed by atoms with van der Waals surface area (Å²) in [6.45, 7) is 4.11. The predicted octanol–water partition coefficient (Wildman–Crippen LogP) is 4.47. The summed E-state index contributed by atoms with van der Waals surface area (Å²) in [5.41, 5.74) is 2.15. The van der Waals surface area contributed by atoms with Crippen molar-refractivity contribution < 1.29 is 4.79 Å². The molecule has 1 aliphatic rings. The zero-order valence-electron chi connectivity index (χ0n) is 14.9. The monoisotopic (exact) mass is 368 g/mol. The number of hydrogen-bond donors (Lipinski definition) is 1. The average molecular weight is 369 g/mol. The number of nitrogens with one attached hydrogen (secondary N) is 1. The first-order valence-corrected chi connectivity index (χ1v) is 9.28. The van der Waals surface area contributed by atoms with E-state index in [1.165, 1.54) is 0 Å². The molecule has 1 amide bonds. The van der Waals surface area contributed by atoms with E-state index in [-0.39, 0.29) is 17.5 Å². The lowest BCUT2D eigenvalue weighted by molar-refractivity contribution is 0.0823. The van der Waals surface area contributed by atoms with Gasteiger partial charge in [-0.05, 0) is 56.9 Å². The molecule has 1 fully saturated rings. The second-order valence-corrected chi connectivity index (χ2v) is 7.65. The summed E-state index contributed by atoms with van der Waals surface area (Å²) in [7, 11) is 0. The molecule has 3 aromatic rings.